The van der Waals surface area contributed by atoms with Crippen LogP contribution in [0.1, 0.15) is 18.1 Å². The number of rotatable bonds is 2. The van der Waals surface area contributed by atoms with Crippen LogP contribution in [0.3, 0.4) is 0 Å². The smallest absolute Gasteiger partial charge is 0.241 e. The van der Waals surface area contributed by atoms with Crippen LogP contribution in [-0.2, 0) is 10.2 Å². The number of carbonyl (C=O) groups excluding carboxylic acids is 1. The Morgan fingerprint density at radius 2 is 1.86 bits per heavy atom. The molecule has 0 spiro atoms. The molecule has 2 N–H and O–H groups in total. The average molecular weight is 282 g/mol. The summed E-state index contributed by atoms with van der Waals surface area (Å²) in [6.07, 6.45) is 0. The Kier molecular flexibility index (Phi) is 2.90. The van der Waals surface area contributed by atoms with Gasteiger partial charge in [-0.2, -0.15) is 0 Å². The van der Waals surface area contributed by atoms with Gasteiger partial charge in [-0.25, -0.2) is 0 Å². The number of hydrogen-bond donors (Lipinski definition) is 1. The van der Waals surface area contributed by atoms with Gasteiger partial charge in [0.05, 0.1) is 7.11 Å². The first-order valence-electron chi connectivity index (χ1n) is 6.81. The molecule has 0 aromatic heterocycles. The number of nitrogens with two attached hydrogens (primary N) is 1. The fourth-order valence-electron chi connectivity index (χ4n) is 3.13. The minimum Gasteiger partial charge on any atom is -0.497 e. The molecule has 2 aromatic carbocycles. The van der Waals surface area contributed by atoms with Gasteiger partial charge >= 0.3 is 0 Å². The van der Waals surface area contributed by atoms with Gasteiger partial charge in [0.2, 0.25) is 5.91 Å². The van der Waals surface area contributed by atoms with Crippen molar-refractivity contribution in [2.24, 2.45) is 0 Å². The van der Waals surface area contributed by atoms with Crippen molar-refractivity contribution in [2.45, 2.75) is 12.3 Å². The summed E-state index contributed by atoms with van der Waals surface area (Å²) < 4.78 is 5.19. The molecule has 108 valence electrons. The lowest BCUT2D eigenvalue weighted by Gasteiger charge is -2.25. The van der Waals surface area contributed by atoms with E-state index in [1.54, 1.807) is 25.1 Å². The number of likely N-dealkylation sites (N-methyl/N-ethyl adjacent to an activating group) is 1. The Hall–Kier alpha value is -2.49. The topological polar surface area (TPSA) is 55.6 Å². The van der Waals surface area contributed by atoms with E-state index < -0.39 is 5.41 Å². The lowest BCUT2D eigenvalue weighted by Crippen LogP contribution is -2.37. The molecule has 0 aliphatic carbocycles. The first-order valence-corrected chi connectivity index (χ1v) is 6.81. The van der Waals surface area contributed by atoms with Crippen molar-refractivity contribution in [1.29, 1.82) is 0 Å². The maximum atomic E-state index is 12.8. The number of hydrogen-bond acceptors (Lipinski definition) is 3. The van der Waals surface area contributed by atoms with E-state index >= 15 is 0 Å². The predicted octanol–water partition coefficient (Wildman–Crippen LogP) is 2.56. The van der Waals surface area contributed by atoms with E-state index in [0.717, 1.165) is 16.8 Å². The van der Waals surface area contributed by atoms with Gasteiger partial charge in [-0.3, -0.25) is 4.79 Å². The molecule has 1 heterocycles. The zero-order chi connectivity index (χ0) is 15.2. The van der Waals surface area contributed by atoms with Crippen LogP contribution in [0.25, 0.3) is 0 Å². The molecular formula is C17H18N2O2. The molecule has 0 saturated carbocycles. The van der Waals surface area contributed by atoms with Gasteiger partial charge < -0.3 is 15.4 Å². The molecule has 0 saturated heterocycles. The Labute approximate surface area is 124 Å². The second-order valence-electron chi connectivity index (χ2n) is 5.46. The van der Waals surface area contributed by atoms with Crippen molar-refractivity contribution in [3.8, 4) is 5.75 Å². The summed E-state index contributed by atoms with van der Waals surface area (Å²) in [4.78, 5) is 14.5. The van der Waals surface area contributed by atoms with Crippen LogP contribution in [0.15, 0.2) is 42.5 Å². The number of nitrogen functional groups attached to an aromatic ring is 1. The lowest BCUT2D eigenvalue weighted by molar-refractivity contribution is -0.121. The molecule has 1 aliphatic heterocycles. The highest BCUT2D eigenvalue weighted by molar-refractivity contribution is 6.10. The van der Waals surface area contributed by atoms with E-state index in [0.29, 0.717) is 11.4 Å². The van der Waals surface area contributed by atoms with Gasteiger partial charge in [-0.1, -0.05) is 24.3 Å². The highest BCUT2D eigenvalue weighted by atomic mass is 16.5. The fraction of sp³-hybridized carbons (Fsp3) is 0.235. The third-order valence-corrected chi connectivity index (χ3v) is 4.33. The second kappa shape index (κ2) is 4.52. The summed E-state index contributed by atoms with van der Waals surface area (Å²) in [6, 6.07) is 13.3. The van der Waals surface area contributed by atoms with Crippen LogP contribution < -0.4 is 15.4 Å². The zero-order valence-electron chi connectivity index (χ0n) is 12.4. The molecule has 3 rings (SSSR count). The number of benzene rings is 2. The maximum Gasteiger partial charge on any atom is 0.241 e. The summed E-state index contributed by atoms with van der Waals surface area (Å²) in [7, 11) is 3.39. The van der Waals surface area contributed by atoms with Crippen LogP contribution in [-0.4, -0.2) is 20.1 Å². The van der Waals surface area contributed by atoms with Crippen LogP contribution in [0.5, 0.6) is 5.75 Å². The maximum absolute atomic E-state index is 12.8. The zero-order valence-corrected chi connectivity index (χ0v) is 12.4. The largest absolute Gasteiger partial charge is 0.497 e. The van der Waals surface area contributed by atoms with Gasteiger partial charge in [0, 0.05) is 24.5 Å². The minimum absolute atomic E-state index is 0.0283. The molecule has 1 aliphatic rings. The molecule has 0 bridgehead atoms. The van der Waals surface area contributed by atoms with E-state index in [2.05, 4.69) is 0 Å². The van der Waals surface area contributed by atoms with E-state index in [9.17, 15) is 4.79 Å². The van der Waals surface area contributed by atoms with Crippen LogP contribution in [0.4, 0.5) is 11.4 Å². The number of fused-ring (bicyclic) bond motifs is 1. The molecule has 1 unspecified atom stereocenters. The van der Waals surface area contributed by atoms with Crippen molar-refractivity contribution in [1.82, 2.24) is 0 Å². The first-order chi connectivity index (χ1) is 10.00. The van der Waals surface area contributed by atoms with E-state index in [-0.39, 0.29) is 5.91 Å². The Morgan fingerprint density at radius 1 is 1.14 bits per heavy atom. The van der Waals surface area contributed by atoms with Crippen molar-refractivity contribution in [3.63, 3.8) is 0 Å². The lowest BCUT2D eigenvalue weighted by atomic mass is 9.76. The Balaban J connectivity index is 2.24. The minimum atomic E-state index is -0.762. The number of amides is 1. The Morgan fingerprint density at radius 3 is 2.52 bits per heavy atom. The summed E-state index contributed by atoms with van der Waals surface area (Å²) in [5.74, 6) is 0.715. The number of ether oxygens (including phenoxy) is 1. The molecular weight excluding hydrogens is 264 g/mol. The van der Waals surface area contributed by atoms with Gasteiger partial charge in [-0.15, -0.1) is 0 Å². The van der Waals surface area contributed by atoms with E-state index in [4.69, 9.17) is 10.5 Å². The first kappa shape index (κ1) is 13.5. The quantitative estimate of drug-likeness (QED) is 0.861. The average Bonchev–Trinajstić information content (AvgIpc) is 2.70. The number of methoxy groups -OCH3 is 1. The molecule has 1 amide bonds. The summed E-state index contributed by atoms with van der Waals surface area (Å²) in [5, 5.41) is 0. The highest BCUT2D eigenvalue weighted by Gasteiger charge is 2.48. The van der Waals surface area contributed by atoms with Crippen molar-refractivity contribution in [3.05, 3.63) is 53.6 Å². The third-order valence-electron chi connectivity index (χ3n) is 4.33. The number of para-hydroxylation sites is 1. The molecule has 0 fully saturated rings. The number of carbonyl (C=O) groups is 1. The van der Waals surface area contributed by atoms with Crippen molar-refractivity contribution >= 4 is 17.3 Å². The SMILES string of the molecule is COc1ccc(C2(C)C(=O)N(C)c3ccccc32)c(N)c1. The fourth-order valence-corrected chi connectivity index (χ4v) is 3.13. The molecule has 1 atom stereocenters. The van der Waals surface area contributed by atoms with Crippen LogP contribution >= 0.6 is 0 Å². The Bertz CT molecular complexity index is 726. The number of anilines is 2. The van der Waals surface area contributed by atoms with Crippen molar-refractivity contribution in [2.75, 3.05) is 24.8 Å². The molecule has 4 nitrogen and oxygen atoms in total. The second-order valence-corrected chi connectivity index (χ2v) is 5.46. The molecule has 2 aromatic rings. The van der Waals surface area contributed by atoms with Gasteiger partial charge in [-0.05, 0) is 30.2 Å². The molecule has 0 radical (unpaired) electrons. The number of nitrogens with zero attached hydrogens (tertiary/aromatic N) is 1. The summed E-state index contributed by atoms with van der Waals surface area (Å²) >= 11 is 0. The van der Waals surface area contributed by atoms with Crippen molar-refractivity contribution < 1.29 is 9.53 Å². The van der Waals surface area contributed by atoms with Gasteiger partial charge in [0.1, 0.15) is 11.2 Å². The van der Waals surface area contributed by atoms with Gasteiger partial charge in [0.15, 0.2) is 0 Å². The normalized spacial score (nSPS) is 20.5. The van der Waals surface area contributed by atoms with Crippen LogP contribution in [0.2, 0.25) is 0 Å². The monoisotopic (exact) mass is 282 g/mol. The van der Waals surface area contributed by atoms with Gasteiger partial charge in [0.25, 0.3) is 0 Å². The predicted molar refractivity (Wildman–Crippen MR) is 83.7 cm³/mol. The van der Waals surface area contributed by atoms with E-state index in [1.165, 1.54) is 0 Å². The third kappa shape index (κ3) is 1.72. The van der Waals surface area contributed by atoms with E-state index in [1.807, 2.05) is 43.3 Å². The summed E-state index contributed by atoms with van der Waals surface area (Å²) in [5.41, 5.74) is 8.70. The summed E-state index contributed by atoms with van der Waals surface area (Å²) in [6.45, 7) is 1.93. The highest BCUT2D eigenvalue weighted by Crippen LogP contribution is 2.47. The molecule has 21 heavy (non-hydrogen) atoms. The van der Waals surface area contributed by atoms with Crippen LogP contribution in [0, 0.1) is 0 Å². The molecule has 4 heteroatoms. The standard InChI is InChI=1S/C17H18N2O2/c1-17(12-9-8-11(21-3)10-14(12)18)13-6-4-5-7-15(13)19(2)16(17)20/h4-10H,18H2,1-3H3.